The van der Waals surface area contributed by atoms with Crippen LogP contribution in [-0.4, -0.2) is 104 Å². The van der Waals surface area contributed by atoms with Crippen molar-refractivity contribution < 1.29 is 38.1 Å². The van der Waals surface area contributed by atoms with Crippen molar-refractivity contribution in [2.75, 3.05) is 14.2 Å². The van der Waals surface area contributed by atoms with E-state index in [1.165, 1.54) is 14.2 Å². The molecule has 0 radical (unpaired) electrons. The molecule has 65 heavy (non-hydrogen) atoms. The quantitative estimate of drug-likeness (QED) is 0.0950. The zero-order valence-corrected chi connectivity index (χ0v) is 38.8. The van der Waals surface area contributed by atoms with Crippen LogP contribution < -0.4 is 15.4 Å². The number of imidazole rings is 2. The number of rotatable bonds is 12. The molecular formula is C49H62N8O8. The van der Waals surface area contributed by atoms with Crippen LogP contribution >= 0.6 is 0 Å². The SMILES string of the molecule is CC[C@H](C)N(Cc1ncc(-c2ccc3c(c2)COc2cc4c(ccc5nc([C@@H]6CC[C@H](C)N6C(=O)[C@@H](NC(=O)OC)[C@H]6C[C@@H](C)O[C@@H](C)C6)[nH]c54)cc2-3)[nH]1)C(=O)[C@@H](NC(=O)OC)C(C)C. The summed E-state index contributed by atoms with van der Waals surface area (Å²) in [5.41, 5.74) is 6.51. The molecule has 3 aromatic carbocycles. The first-order chi connectivity index (χ1) is 31.2. The summed E-state index contributed by atoms with van der Waals surface area (Å²) >= 11 is 0. The summed E-state index contributed by atoms with van der Waals surface area (Å²) in [7, 11) is 2.60. The number of amides is 4. The number of carbonyl (C=O) groups is 4. The van der Waals surface area contributed by atoms with Crippen molar-refractivity contribution in [2.45, 2.75) is 136 Å². The van der Waals surface area contributed by atoms with Crippen LogP contribution in [0.4, 0.5) is 9.59 Å². The highest BCUT2D eigenvalue weighted by Gasteiger charge is 2.44. The minimum atomic E-state index is -0.756. The maximum atomic E-state index is 14.6. The lowest BCUT2D eigenvalue weighted by atomic mass is 9.85. The predicted octanol–water partition coefficient (Wildman–Crippen LogP) is 8.15. The molecule has 2 aromatic heterocycles. The van der Waals surface area contributed by atoms with Gasteiger partial charge < -0.3 is 49.3 Å². The number of carbonyl (C=O) groups excluding carboxylic acids is 4. The molecule has 5 aromatic rings. The molecule has 346 valence electrons. The lowest BCUT2D eigenvalue weighted by molar-refractivity contribution is -0.140. The molecule has 0 spiro atoms. The maximum absolute atomic E-state index is 14.6. The van der Waals surface area contributed by atoms with Gasteiger partial charge >= 0.3 is 12.2 Å². The van der Waals surface area contributed by atoms with E-state index in [4.69, 9.17) is 23.9 Å². The predicted molar refractivity (Wildman–Crippen MR) is 246 cm³/mol. The largest absolute Gasteiger partial charge is 0.488 e. The lowest BCUT2D eigenvalue weighted by Gasteiger charge is -2.39. The van der Waals surface area contributed by atoms with Gasteiger partial charge in [-0.25, -0.2) is 19.6 Å². The lowest BCUT2D eigenvalue weighted by Crippen LogP contribution is -2.55. The Morgan fingerprint density at radius 1 is 0.923 bits per heavy atom. The summed E-state index contributed by atoms with van der Waals surface area (Å²) in [6.07, 6.45) is 4.01. The second-order valence-electron chi connectivity index (χ2n) is 18.4. The van der Waals surface area contributed by atoms with E-state index in [9.17, 15) is 19.2 Å². The highest BCUT2D eigenvalue weighted by molar-refractivity contribution is 6.07. The Kier molecular flexibility index (Phi) is 13.1. The Hall–Kier alpha value is -6.16. The fourth-order valence-corrected chi connectivity index (χ4v) is 10.0. The molecule has 3 aliphatic rings. The molecule has 2 fully saturated rings. The summed E-state index contributed by atoms with van der Waals surface area (Å²) in [5.74, 6) is 1.53. The smallest absolute Gasteiger partial charge is 0.407 e. The minimum Gasteiger partial charge on any atom is -0.488 e. The highest BCUT2D eigenvalue weighted by atomic mass is 16.5. The Bertz CT molecular complexity index is 2580. The van der Waals surface area contributed by atoms with Gasteiger partial charge in [0.1, 0.15) is 36.1 Å². The molecule has 16 nitrogen and oxygen atoms in total. The Labute approximate surface area is 379 Å². The monoisotopic (exact) mass is 890 g/mol. The third kappa shape index (κ3) is 9.09. The van der Waals surface area contributed by atoms with Crippen molar-refractivity contribution >= 4 is 45.8 Å². The zero-order valence-electron chi connectivity index (χ0n) is 38.8. The molecule has 5 heterocycles. The van der Waals surface area contributed by atoms with Crippen LogP contribution in [0, 0.1) is 11.8 Å². The van der Waals surface area contributed by atoms with Crippen LogP contribution in [0.1, 0.15) is 104 Å². The number of fused-ring (bicyclic) bond motifs is 6. The highest BCUT2D eigenvalue weighted by Crippen LogP contribution is 2.44. The number of nitrogens with one attached hydrogen (secondary N) is 4. The van der Waals surface area contributed by atoms with E-state index in [2.05, 4.69) is 68.9 Å². The number of alkyl carbamates (subject to hydrolysis) is 2. The fourth-order valence-electron chi connectivity index (χ4n) is 10.0. The molecule has 0 aliphatic carbocycles. The number of aromatic amines is 2. The summed E-state index contributed by atoms with van der Waals surface area (Å²) < 4.78 is 22.2. The molecule has 16 heteroatoms. The van der Waals surface area contributed by atoms with Crippen LogP contribution in [0.5, 0.6) is 5.75 Å². The van der Waals surface area contributed by atoms with Crippen LogP contribution in [0.3, 0.4) is 0 Å². The molecule has 8 atom stereocenters. The van der Waals surface area contributed by atoms with Gasteiger partial charge in [0.25, 0.3) is 0 Å². The second-order valence-corrected chi connectivity index (χ2v) is 18.4. The van der Waals surface area contributed by atoms with Crippen molar-refractivity contribution in [3.05, 3.63) is 65.9 Å². The van der Waals surface area contributed by atoms with Crippen molar-refractivity contribution in [3.8, 4) is 28.1 Å². The number of nitrogens with zero attached hydrogens (tertiary/aromatic N) is 4. The zero-order chi connectivity index (χ0) is 46.3. The number of hydrogen-bond donors (Lipinski definition) is 4. The van der Waals surface area contributed by atoms with Gasteiger partial charge in [0, 0.05) is 23.0 Å². The number of methoxy groups -OCH3 is 2. The molecular weight excluding hydrogens is 829 g/mol. The van der Waals surface area contributed by atoms with E-state index in [1.807, 2.05) is 52.5 Å². The second kappa shape index (κ2) is 18.7. The van der Waals surface area contributed by atoms with Crippen molar-refractivity contribution in [1.82, 2.24) is 40.4 Å². The Balaban J connectivity index is 1.03. The van der Waals surface area contributed by atoms with Gasteiger partial charge in [0.15, 0.2) is 0 Å². The number of likely N-dealkylation sites (tertiary alicyclic amines) is 1. The molecule has 0 bridgehead atoms. The van der Waals surface area contributed by atoms with Gasteiger partial charge in [-0.05, 0) is 118 Å². The van der Waals surface area contributed by atoms with Gasteiger partial charge in [-0.2, -0.15) is 0 Å². The average Bonchev–Trinajstić information content (AvgIpc) is 4.05. The Morgan fingerprint density at radius 2 is 1.66 bits per heavy atom. The summed E-state index contributed by atoms with van der Waals surface area (Å²) in [6.45, 7) is 14.5. The van der Waals surface area contributed by atoms with Crippen LogP contribution in [0.2, 0.25) is 0 Å². The third-order valence-electron chi connectivity index (χ3n) is 13.6. The van der Waals surface area contributed by atoms with E-state index in [1.54, 1.807) is 11.1 Å². The standard InChI is InChI=1S/C49H62N8O8/c1-10-26(4)56(46(58)42(25(2)3)54-48(60)62-8)23-41-50-22-38(51-41)31-12-14-34-33(19-31)24-64-40-21-35-30(20-36(34)40)13-15-37-44(35)53-45(52-37)39-16-11-27(5)57(39)47(59)43(55-49(61)63-9)32-17-28(6)65-29(7)18-32/h12-15,19-22,25-29,32,39,42-43H,10-11,16-18,23-24H2,1-9H3,(H,50,51)(H,52,53)(H,54,60)(H,55,61)/t26-,27-,28-,29+,32+,39-,42-,43-/m0/s1. The first-order valence-electron chi connectivity index (χ1n) is 22.9. The van der Waals surface area contributed by atoms with Crippen LogP contribution in [0.25, 0.3) is 44.2 Å². The van der Waals surface area contributed by atoms with E-state index in [-0.39, 0.29) is 60.5 Å². The van der Waals surface area contributed by atoms with Gasteiger partial charge in [0.05, 0.1) is 61.9 Å². The van der Waals surface area contributed by atoms with E-state index in [0.717, 1.165) is 74.8 Å². The normalized spacial score (nSPS) is 21.8. The van der Waals surface area contributed by atoms with Crippen molar-refractivity contribution in [1.29, 1.82) is 0 Å². The summed E-state index contributed by atoms with van der Waals surface area (Å²) in [6, 6.07) is 12.7. The molecule has 0 saturated carbocycles. The number of ether oxygens (including phenoxy) is 4. The fraction of sp³-hybridized carbons (Fsp3) is 0.510. The third-order valence-corrected chi connectivity index (χ3v) is 13.6. The van der Waals surface area contributed by atoms with E-state index in [0.29, 0.717) is 31.1 Å². The first kappa shape index (κ1) is 45.4. The molecule has 8 rings (SSSR count). The van der Waals surface area contributed by atoms with Crippen molar-refractivity contribution in [2.24, 2.45) is 11.8 Å². The molecule has 2 saturated heterocycles. The van der Waals surface area contributed by atoms with Gasteiger partial charge in [-0.3, -0.25) is 9.59 Å². The van der Waals surface area contributed by atoms with E-state index >= 15 is 0 Å². The van der Waals surface area contributed by atoms with Crippen molar-refractivity contribution in [3.63, 3.8) is 0 Å². The number of hydrogen-bond acceptors (Lipinski definition) is 10. The summed E-state index contributed by atoms with van der Waals surface area (Å²) in [4.78, 5) is 73.6. The van der Waals surface area contributed by atoms with Gasteiger partial charge in [-0.1, -0.05) is 39.0 Å². The number of H-pyrrole nitrogens is 2. The van der Waals surface area contributed by atoms with Crippen LogP contribution in [0.15, 0.2) is 48.7 Å². The topological polar surface area (TPSA) is 193 Å². The van der Waals surface area contributed by atoms with Gasteiger partial charge in [0.2, 0.25) is 11.8 Å². The minimum absolute atomic E-state index is 0.0354. The molecule has 3 aliphatic heterocycles. The maximum Gasteiger partial charge on any atom is 0.407 e. The summed E-state index contributed by atoms with van der Waals surface area (Å²) in [5, 5.41) is 7.58. The van der Waals surface area contributed by atoms with E-state index < -0.39 is 24.3 Å². The Morgan fingerprint density at radius 3 is 2.37 bits per heavy atom. The molecule has 4 N–H and O–H groups in total. The molecule has 4 amide bonds. The molecule has 0 unspecified atom stereocenters. The average molecular weight is 891 g/mol. The van der Waals surface area contributed by atoms with Crippen LogP contribution in [-0.2, 0) is 37.0 Å². The first-order valence-corrected chi connectivity index (χ1v) is 22.9. The number of benzene rings is 3. The number of aromatic nitrogens is 4. The van der Waals surface area contributed by atoms with Gasteiger partial charge in [-0.15, -0.1) is 0 Å².